The van der Waals surface area contributed by atoms with Crippen LogP contribution in [0.4, 0.5) is 0 Å². The Morgan fingerprint density at radius 2 is 0.479 bits per heavy atom. The van der Waals surface area contributed by atoms with Crippen LogP contribution in [0.1, 0.15) is 209 Å². The van der Waals surface area contributed by atoms with Gasteiger partial charge in [0.15, 0.2) is 16.5 Å². The molecule has 8 nitrogen and oxygen atoms in total. The summed E-state index contributed by atoms with van der Waals surface area (Å²) in [7, 11) is 3.15. The average molecular weight is 2020 g/mol. The molecule has 24 rings (SSSR count). The Kier molecular flexibility index (Phi) is 31.3. The minimum Gasteiger partial charge on any atom is -0.497 e. The molecule has 8 heterocycles. The van der Waals surface area contributed by atoms with Crippen LogP contribution in [0.15, 0.2) is 265 Å². The van der Waals surface area contributed by atoms with Gasteiger partial charge in [0.25, 0.3) is 0 Å². The van der Waals surface area contributed by atoms with Gasteiger partial charge in [-0.2, -0.15) is 0 Å². The topological polar surface area (TPSA) is 78.4 Å². The molecular formula is C130H148N4O4S4Si2. The molecule has 744 valence electrons. The summed E-state index contributed by atoms with van der Waals surface area (Å²) >= 11 is 7.48. The molecule has 144 heavy (non-hydrogen) atoms. The minimum absolute atomic E-state index is 0. The summed E-state index contributed by atoms with van der Waals surface area (Å²) in [6.45, 7) is 29.6. The van der Waals surface area contributed by atoms with Crippen molar-refractivity contribution in [2.24, 2.45) is 0 Å². The Bertz CT molecular complexity index is 7860. The molecule has 14 heteroatoms. The van der Waals surface area contributed by atoms with Crippen molar-refractivity contribution >= 4 is 149 Å². The van der Waals surface area contributed by atoms with E-state index in [-0.39, 0.29) is 29.7 Å². The molecular weight excluding hydrogens is 1870 g/mol. The molecule has 4 aliphatic carbocycles. The number of benzene rings is 12. The van der Waals surface area contributed by atoms with Gasteiger partial charge in [0.1, 0.15) is 23.0 Å². The van der Waals surface area contributed by atoms with Crippen molar-refractivity contribution in [3.63, 3.8) is 0 Å². The molecule has 4 aliphatic rings. The predicted octanol–water partition coefficient (Wildman–Crippen LogP) is 40.0. The molecule has 0 spiro atoms. The average Bonchev–Trinajstić information content (AvgIpc) is 1.43. The van der Waals surface area contributed by atoms with Crippen molar-refractivity contribution in [3.8, 4) is 109 Å². The van der Waals surface area contributed by atoms with E-state index in [4.69, 9.17) is 18.9 Å². The highest BCUT2D eigenvalue weighted by molar-refractivity contribution is 7.14. The van der Waals surface area contributed by atoms with Crippen LogP contribution in [0.2, 0.25) is 33.2 Å². The van der Waals surface area contributed by atoms with Crippen LogP contribution in [0.25, 0.3) is 173 Å². The van der Waals surface area contributed by atoms with Crippen LogP contribution < -0.4 is 18.9 Å². The number of methoxy groups -OCH3 is 4. The molecule has 0 bridgehead atoms. The number of aromatic nitrogens is 4. The van der Waals surface area contributed by atoms with Gasteiger partial charge < -0.3 is 37.4 Å². The second-order valence-electron chi connectivity index (χ2n) is 41.3. The van der Waals surface area contributed by atoms with Crippen LogP contribution in [0, 0.1) is 0 Å². The van der Waals surface area contributed by atoms with Gasteiger partial charge >= 0.3 is 0 Å². The third-order valence-electron chi connectivity index (χ3n) is 32.5. The Morgan fingerprint density at radius 3 is 0.757 bits per heavy atom. The fourth-order valence-electron chi connectivity index (χ4n) is 27.2. The van der Waals surface area contributed by atoms with Gasteiger partial charge in [0, 0.05) is 109 Å². The number of H-pyrrole nitrogens is 2. The monoisotopic (exact) mass is 2010 g/mol. The SMILES string of the molecule is C.C.C.C.COc1ccc(-c2c3c(c(-c4cccs4)c4c2ccc2[nH]ccc24)CCCC3)cc1.COc1ccc(-c2c3c(c(-c4cccs4)c4c2ccc2c4ccn2[Si](C(C)C)(C(C)C)C(C)C)CCCC3)cc1.COc1ccc(-c2c3c(c(-c4cccs4)c4ccc5[nH]ccc5c24)CCCC3)cc1.COc1ccc(-c2c3c(c(-c4cccs4)c4ccc5c(ccn5[Si](C(C)C)(C(C)C)C(C)C)c24)CCCC3)cc1. The number of nitrogens with one attached hydrogen (secondary N) is 2. The summed E-state index contributed by atoms with van der Waals surface area (Å²) in [5, 5.41) is 25.5. The van der Waals surface area contributed by atoms with E-state index in [0.29, 0.717) is 33.2 Å². The number of ether oxygens (including phenoxy) is 4. The summed E-state index contributed by atoms with van der Waals surface area (Å²) < 4.78 is 27.5. The lowest BCUT2D eigenvalue weighted by Gasteiger charge is -2.44. The normalized spacial score (nSPS) is 13.5. The maximum absolute atomic E-state index is 5.55. The number of fused-ring (bicyclic) bond motifs is 16. The van der Waals surface area contributed by atoms with Crippen molar-refractivity contribution in [3.05, 3.63) is 309 Å². The molecule has 12 aromatic carbocycles. The molecule has 0 aliphatic heterocycles. The Balaban J connectivity index is 0.000000132. The van der Waals surface area contributed by atoms with Gasteiger partial charge in [-0.15, -0.1) is 45.3 Å². The molecule has 0 saturated heterocycles. The van der Waals surface area contributed by atoms with E-state index in [1.165, 1.54) is 235 Å². The first kappa shape index (κ1) is 104. The Labute approximate surface area is 874 Å². The molecule has 0 saturated carbocycles. The Hall–Kier alpha value is -11.7. The van der Waals surface area contributed by atoms with Gasteiger partial charge in [-0.1, -0.05) is 210 Å². The summed E-state index contributed by atoms with van der Waals surface area (Å²) in [4.78, 5) is 12.4. The van der Waals surface area contributed by atoms with E-state index in [1.54, 1.807) is 61.8 Å². The van der Waals surface area contributed by atoms with Gasteiger partial charge in [-0.3, -0.25) is 0 Å². The van der Waals surface area contributed by atoms with Gasteiger partial charge in [-0.25, -0.2) is 0 Å². The van der Waals surface area contributed by atoms with E-state index in [2.05, 4.69) is 366 Å². The van der Waals surface area contributed by atoms with Crippen molar-refractivity contribution in [2.45, 2.75) is 249 Å². The summed E-state index contributed by atoms with van der Waals surface area (Å²) in [5.41, 5.74) is 38.3. The minimum atomic E-state index is -1.91. The van der Waals surface area contributed by atoms with E-state index < -0.39 is 16.5 Å². The second-order valence-corrected chi connectivity index (χ2v) is 56.5. The summed E-state index contributed by atoms with van der Waals surface area (Å²) in [6, 6.07) is 81.1. The fraction of sp³-hybridized carbons (Fsp3) is 0.323. The standard InChI is InChI=1S/2C36H43NOSSi.2C27H23NOS.4CH4/c1-23(2)40(24(3)4,25(5)6)37-21-20-30-32(37)19-18-31-35(33-13-10-22-39-33)29-12-9-8-11-28(29)34(36(30)31)26-14-16-27(38-7)17-15-26;1-23(2)40(24(3)4,25(5)6)37-21-20-30-32(37)19-18-31-34(26-14-16-27(38-7)17-15-26)28-11-8-9-12-29(28)36(35(30)31)33-13-10-22-39-33;1-29-18-10-8-17(9-11-18)25-19-5-2-3-6-20(19)26(24-7-4-16-30-24)22-12-13-23-21(27(22)25)14-15-28-23;1-29-18-10-8-17(9-11-18)25-19-5-2-3-6-20(19)27(24-7-4-16-30-24)26-21-14-15-28-23(21)13-12-22(25)26;;;;/h2*10,13-25H,8-9,11-12H2,1-7H3;2*4,7-16,28H,2-3,5-6H2,1H3;4*1H4. The lowest BCUT2D eigenvalue weighted by atomic mass is 9.78. The molecule has 0 amide bonds. The van der Waals surface area contributed by atoms with E-state index in [1.807, 2.05) is 45.3 Å². The van der Waals surface area contributed by atoms with Gasteiger partial charge in [-0.05, 0) is 413 Å². The van der Waals surface area contributed by atoms with Crippen molar-refractivity contribution in [2.75, 3.05) is 28.4 Å². The molecule has 0 radical (unpaired) electrons. The molecule has 20 aromatic rings. The Morgan fingerprint density at radius 1 is 0.243 bits per heavy atom. The van der Waals surface area contributed by atoms with Crippen LogP contribution in [0.3, 0.4) is 0 Å². The maximum Gasteiger partial charge on any atom is 0.169 e. The number of hydrogen-bond donors (Lipinski definition) is 2. The number of thiophene rings is 4. The zero-order valence-electron chi connectivity index (χ0n) is 84.3. The first-order valence-corrected chi connectivity index (χ1v) is 59.3. The van der Waals surface area contributed by atoms with Crippen molar-refractivity contribution < 1.29 is 18.9 Å². The quantitative estimate of drug-likeness (QED) is 0.0746. The highest BCUT2D eigenvalue weighted by Gasteiger charge is 2.48. The molecule has 8 aromatic heterocycles. The third-order valence-corrected chi connectivity index (χ3v) is 49.6. The zero-order chi connectivity index (χ0) is 96.5. The molecule has 0 fully saturated rings. The lowest BCUT2D eigenvalue weighted by molar-refractivity contribution is 0.415. The van der Waals surface area contributed by atoms with Crippen LogP contribution in [0.5, 0.6) is 23.0 Å². The highest BCUT2D eigenvalue weighted by atomic mass is 32.1. The summed E-state index contributed by atoms with van der Waals surface area (Å²) in [6.07, 6.45) is 28.4. The second kappa shape index (κ2) is 43.5. The summed E-state index contributed by atoms with van der Waals surface area (Å²) in [5.74, 6) is 3.63. The van der Waals surface area contributed by atoms with E-state index >= 15 is 0 Å². The van der Waals surface area contributed by atoms with Crippen LogP contribution >= 0.6 is 45.3 Å². The zero-order valence-corrected chi connectivity index (χ0v) is 89.6. The van der Waals surface area contributed by atoms with Crippen molar-refractivity contribution in [1.82, 2.24) is 18.4 Å². The smallest absolute Gasteiger partial charge is 0.169 e. The van der Waals surface area contributed by atoms with Gasteiger partial charge in [0.05, 0.1) is 28.4 Å². The first-order chi connectivity index (χ1) is 68.3. The molecule has 0 unspecified atom stereocenters. The van der Waals surface area contributed by atoms with Crippen LogP contribution in [-0.2, 0) is 51.4 Å². The molecule has 2 N–H and O–H groups in total. The fourth-order valence-corrected chi connectivity index (χ4v) is 43.6. The van der Waals surface area contributed by atoms with Crippen LogP contribution in [-0.4, -0.2) is 63.3 Å². The van der Waals surface area contributed by atoms with E-state index in [9.17, 15) is 0 Å². The first-order valence-electron chi connectivity index (χ1n) is 51.4. The predicted molar refractivity (Wildman–Crippen MR) is 638 cm³/mol. The number of nitrogens with zero attached hydrogens (tertiary/aromatic N) is 2. The highest BCUT2D eigenvalue weighted by Crippen LogP contribution is 2.57. The lowest BCUT2D eigenvalue weighted by Crippen LogP contribution is -2.51. The maximum atomic E-state index is 5.55. The van der Waals surface area contributed by atoms with Crippen molar-refractivity contribution in [1.29, 1.82) is 0 Å². The number of aromatic amines is 2. The van der Waals surface area contributed by atoms with Gasteiger partial charge in [0.2, 0.25) is 0 Å². The largest absolute Gasteiger partial charge is 0.497 e. The molecule has 0 atom stereocenters. The number of hydrogen-bond acceptors (Lipinski definition) is 8. The van der Waals surface area contributed by atoms with E-state index in [0.717, 1.165) is 74.4 Å². The number of rotatable bonds is 20. The third kappa shape index (κ3) is 17.7.